The van der Waals surface area contributed by atoms with Crippen LogP contribution in [0, 0.1) is 17.1 Å². The van der Waals surface area contributed by atoms with Crippen LogP contribution in [0.2, 0.25) is 10.0 Å². The highest BCUT2D eigenvalue weighted by atomic mass is 35.5. The number of nitrogens with zero attached hydrogens (tertiary/aromatic N) is 2. The average Bonchev–Trinajstić information content (AvgIpc) is 2.90. The van der Waals surface area contributed by atoms with E-state index in [0.717, 1.165) is 10.5 Å². The molecular formula is C29H21Cl2FN2O4. The van der Waals surface area contributed by atoms with Gasteiger partial charge in [-0.2, -0.15) is 5.26 Å². The Morgan fingerprint density at radius 3 is 2.39 bits per heavy atom. The topological polar surface area (TPSA) is 79.6 Å². The molecule has 0 aliphatic carbocycles. The minimum absolute atomic E-state index is 0.100. The van der Waals surface area contributed by atoms with Gasteiger partial charge >= 0.3 is 0 Å². The minimum atomic E-state index is -0.696. The van der Waals surface area contributed by atoms with Gasteiger partial charge in [0.05, 0.1) is 13.7 Å². The zero-order valence-electron chi connectivity index (χ0n) is 20.4. The molecule has 192 valence electrons. The Bertz CT molecular complexity index is 1520. The maximum Gasteiger partial charge on any atom is 0.271 e. The van der Waals surface area contributed by atoms with Crippen LogP contribution in [0.15, 0.2) is 77.4 Å². The SMILES string of the molecule is COc1cc(/C=C2/C(=O)N(Cc3ccc(F)cc3)C(=O)C(C#N)=C2C)ccc1OCc1ccc(Cl)cc1Cl. The number of nitriles is 1. The number of carbonyl (C=O) groups is 2. The molecule has 3 aromatic rings. The summed E-state index contributed by atoms with van der Waals surface area (Å²) in [4.78, 5) is 27.2. The lowest BCUT2D eigenvalue weighted by Crippen LogP contribution is -2.42. The third-order valence-electron chi connectivity index (χ3n) is 5.98. The highest BCUT2D eigenvalue weighted by Crippen LogP contribution is 2.33. The second-order valence-corrected chi connectivity index (χ2v) is 9.27. The first-order valence-electron chi connectivity index (χ1n) is 11.4. The third-order valence-corrected chi connectivity index (χ3v) is 6.56. The fourth-order valence-electron chi connectivity index (χ4n) is 3.90. The fourth-order valence-corrected chi connectivity index (χ4v) is 4.36. The lowest BCUT2D eigenvalue weighted by molar-refractivity contribution is -0.141. The number of methoxy groups -OCH3 is 1. The Labute approximate surface area is 229 Å². The molecule has 0 aromatic heterocycles. The molecular weight excluding hydrogens is 530 g/mol. The number of rotatable bonds is 7. The molecule has 0 saturated carbocycles. The molecule has 3 aromatic carbocycles. The van der Waals surface area contributed by atoms with Gasteiger partial charge < -0.3 is 9.47 Å². The van der Waals surface area contributed by atoms with E-state index in [-0.39, 0.29) is 29.9 Å². The van der Waals surface area contributed by atoms with Gasteiger partial charge in [-0.05, 0) is 66.1 Å². The Morgan fingerprint density at radius 1 is 1.00 bits per heavy atom. The summed E-state index contributed by atoms with van der Waals surface area (Å²) in [6, 6.07) is 17.6. The highest BCUT2D eigenvalue weighted by molar-refractivity contribution is 6.35. The minimum Gasteiger partial charge on any atom is -0.493 e. The summed E-state index contributed by atoms with van der Waals surface area (Å²) in [6.07, 6.45) is 1.58. The van der Waals surface area contributed by atoms with Crippen LogP contribution in [-0.2, 0) is 22.7 Å². The number of amides is 2. The molecule has 9 heteroatoms. The Kier molecular flexibility index (Phi) is 8.16. The molecule has 0 atom stereocenters. The summed E-state index contributed by atoms with van der Waals surface area (Å²) in [6.45, 7) is 1.64. The van der Waals surface area contributed by atoms with Crippen molar-refractivity contribution in [2.45, 2.75) is 20.1 Å². The van der Waals surface area contributed by atoms with E-state index in [2.05, 4.69) is 0 Å². The molecule has 4 rings (SSSR count). The van der Waals surface area contributed by atoms with Gasteiger partial charge in [0.15, 0.2) is 11.5 Å². The number of hydrogen-bond acceptors (Lipinski definition) is 5. The zero-order valence-corrected chi connectivity index (χ0v) is 21.9. The van der Waals surface area contributed by atoms with Crippen LogP contribution in [-0.4, -0.2) is 23.8 Å². The first-order valence-corrected chi connectivity index (χ1v) is 12.2. The van der Waals surface area contributed by atoms with Crippen molar-refractivity contribution in [3.05, 3.63) is 110 Å². The molecule has 0 saturated heterocycles. The number of carbonyl (C=O) groups excluding carboxylic acids is 2. The van der Waals surface area contributed by atoms with Crippen LogP contribution in [0.3, 0.4) is 0 Å². The first kappa shape index (κ1) is 26.9. The van der Waals surface area contributed by atoms with Crippen LogP contribution < -0.4 is 9.47 Å². The van der Waals surface area contributed by atoms with Crippen LogP contribution in [0.5, 0.6) is 11.5 Å². The molecule has 6 nitrogen and oxygen atoms in total. The fraction of sp³-hybridized carbons (Fsp3) is 0.138. The molecule has 38 heavy (non-hydrogen) atoms. The van der Waals surface area contributed by atoms with E-state index in [1.165, 1.54) is 31.4 Å². The van der Waals surface area contributed by atoms with Crippen molar-refractivity contribution in [1.82, 2.24) is 4.90 Å². The number of ether oxygens (including phenoxy) is 2. The Hall–Kier alpha value is -4.12. The van der Waals surface area contributed by atoms with Gasteiger partial charge in [0.1, 0.15) is 24.1 Å². The van der Waals surface area contributed by atoms with E-state index in [4.69, 9.17) is 32.7 Å². The quantitative estimate of drug-likeness (QED) is 0.247. The van der Waals surface area contributed by atoms with Crippen molar-refractivity contribution in [2.24, 2.45) is 0 Å². The predicted molar refractivity (Wildman–Crippen MR) is 142 cm³/mol. The molecule has 2 amide bonds. The van der Waals surface area contributed by atoms with E-state index in [1.807, 2.05) is 6.07 Å². The van der Waals surface area contributed by atoms with Crippen molar-refractivity contribution in [3.63, 3.8) is 0 Å². The smallest absolute Gasteiger partial charge is 0.271 e. The van der Waals surface area contributed by atoms with Gasteiger partial charge in [-0.1, -0.05) is 47.5 Å². The van der Waals surface area contributed by atoms with Gasteiger partial charge in [0, 0.05) is 21.2 Å². The number of hydrogen-bond donors (Lipinski definition) is 0. The third kappa shape index (κ3) is 5.72. The van der Waals surface area contributed by atoms with Crippen LogP contribution in [0.1, 0.15) is 23.6 Å². The standard InChI is InChI=1S/C29H21Cl2FN2O4/c1-17-23(28(35)34(29(36)24(17)14-33)15-18-3-8-22(32)9-4-18)11-19-5-10-26(27(12-19)37-2)38-16-20-6-7-21(30)13-25(20)31/h3-13H,15-16H2,1-2H3/b23-11+. The molecule has 0 radical (unpaired) electrons. The van der Waals surface area contributed by atoms with Gasteiger partial charge in [0.25, 0.3) is 11.8 Å². The lowest BCUT2D eigenvalue weighted by atomic mass is 9.93. The summed E-state index contributed by atoms with van der Waals surface area (Å²) in [5.41, 5.74) is 2.21. The van der Waals surface area contributed by atoms with Crippen molar-refractivity contribution >= 4 is 41.1 Å². The number of halogens is 3. The molecule has 0 bridgehead atoms. The summed E-state index contributed by atoms with van der Waals surface area (Å²) < 4.78 is 24.7. The summed E-state index contributed by atoms with van der Waals surface area (Å²) >= 11 is 12.2. The van der Waals surface area contributed by atoms with E-state index < -0.39 is 17.6 Å². The second kappa shape index (κ2) is 11.5. The normalized spacial score (nSPS) is 14.6. The van der Waals surface area contributed by atoms with E-state index >= 15 is 0 Å². The van der Waals surface area contributed by atoms with Crippen LogP contribution in [0.4, 0.5) is 4.39 Å². The van der Waals surface area contributed by atoms with Crippen LogP contribution in [0.25, 0.3) is 6.08 Å². The monoisotopic (exact) mass is 550 g/mol. The average molecular weight is 551 g/mol. The Balaban J connectivity index is 1.63. The maximum atomic E-state index is 13.4. The predicted octanol–water partition coefficient (Wildman–Crippen LogP) is 6.51. The highest BCUT2D eigenvalue weighted by Gasteiger charge is 2.35. The van der Waals surface area contributed by atoms with Gasteiger partial charge in [-0.15, -0.1) is 0 Å². The first-order chi connectivity index (χ1) is 18.2. The number of imide groups is 1. The van der Waals surface area contributed by atoms with Gasteiger partial charge in [-0.25, -0.2) is 4.39 Å². The van der Waals surface area contributed by atoms with Crippen molar-refractivity contribution in [2.75, 3.05) is 7.11 Å². The van der Waals surface area contributed by atoms with E-state index in [9.17, 15) is 19.2 Å². The molecule has 0 spiro atoms. The van der Waals surface area contributed by atoms with Crippen molar-refractivity contribution in [1.29, 1.82) is 5.26 Å². The molecule has 0 N–H and O–H groups in total. The maximum absolute atomic E-state index is 13.4. The summed E-state index contributed by atoms with van der Waals surface area (Å²) in [5, 5.41) is 10.6. The van der Waals surface area contributed by atoms with Crippen LogP contribution >= 0.6 is 23.2 Å². The van der Waals surface area contributed by atoms with Gasteiger partial charge in [0.2, 0.25) is 0 Å². The molecule has 1 heterocycles. The summed E-state index contributed by atoms with van der Waals surface area (Å²) in [5.74, 6) is -0.828. The molecule has 1 aliphatic rings. The zero-order chi connectivity index (χ0) is 27.4. The summed E-state index contributed by atoms with van der Waals surface area (Å²) in [7, 11) is 1.49. The second-order valence-electron chi connectivity index (χ2n) is 8.43. The molecule has 0 unspecified atom stereocenters. The molecule has 1 aliphatic heterocycles. The Morgan fingerprint density at radius 2 is 1.74 bits per heavy atom. The largest absolute Gasteiger partial charge is 0.493 e. The van der Waals surface area contributed by atoms with E-state index in [0.29, 0.717) is 32.7 Å². The van der Waals surface area contributed by atoms with Crippen molar-refractivity contribution in [3.8, 4) is 17.6 Å². The lowest BCUT2D eigenvalue weighted by Gasteiger charge is -2.27. The number of benzene rings is 3. The molecule has 0 fully saturated rings. The van der Waals surface area contributed by atoms with Crippen molar-refractivity contribution < 1.29 is 23.5 Å². The van der Waals surface area contributed by atoms with Gasteiger partial charge in [-0.3, -0.25) is 14.5 Å². The van der Waals surface area contributed by atoms with E-state index in [1.54, 1.807) is 49.4 Å².